The molecule has 4 nitrogen and oxygen atoms in total. The molecule has 0 fully saturated rings. The zero-order valence-corrected chi connectivity index (χ0v) is 11.2. The van der Waals surface area contributed by atoms with Crippen LogP contribution in [-0.2, 0) is 0 Å². The molecule has 0 aliphatic carbocycles. The van der Waals surface area contributed by atoms with Crippen LogP contribution in [0.1, 0.15) is 0 Å². The van der Waals surface area contributed by atoms with Crippen LogP contribution in [-0.4, -0.2) is 20.0 Å². The van der Waals surface area contributed by atoms with E-state index in [0.29, 0.717) is 10.0 Å². The van der Waals surface area contributed by atoms with Gasteiger partial charge in [0.1, 0.15) is 0 Å². The van der Waals surface area contributed by atoms with Crippen molar-refractivity contribution in [3.63, 3.8) is 0 Å². The first kappa shape index (κ1) is 12.1. The third-order valence-corrected chi connectivity index (χ3v) is 3.05. The van der Waals surface area contributed by atoms with Gasteiger partial charge < -0.3 is 0 Å². The van der Waals surface area contributed by atoms with Gasteiger partial charge in [-0.1, -0.05) is 28.4 Å². The highest BCUT2D eigenvalue weighted by molar-refractivity contribution is 6.34. The lowest BCUT2D eigenvalue weighted by molar-refractivity contribution is 0.808. The van der Waals surface area contributed by atoms with E-state index in [0.717, 1.165) is 16.9 Å². The Labute approximate surface area is 119 Å². The smallest absolute Gasteiger partial charge is 0.0945 e. The molecule has 2 aromatic heterocycles. The number of hydrogen-bond donors (Lipinski definition) is 0. The molecule has 0 saturated carbocycles. The molecule has 3 aromatic rings. The SMILES string of the molecule is Clc1cc(Cl)cc(-n2nncc2-c2ccncc2)c1. The summed E-state index contributed by atoms with van der Waals surface area (Å²) in [5.74, 6) is 0. The van der Waals surface area contributed by atoms with Gasteiger partial charge in [0.05, 0.1) is 17.6 Å². The maximum Gasteiger partial charge on any atom is 0.0945 e. The highest BCUT2D eigenvalue weighted by atomic mass is 35.5. The first-order valence-electron chi connectivity index (χ1n) is 5.51. The molecular formula is C13H8Cl2N4. The number of halogens is 2. The number of aromatic nitrogens is 4. The van der Waals surface area contributed by atoms with E-state index in [9.17, 15) is 0 Å². The molecule has 1 aromatic carbocycles. The summed E-state index contributed by atoms with van der Waals surface area (Å²) >= 11 is 12.0. The van der Waals surface area contributed by atoms with Crippen molar-refractivity contribution in [2.24, 2.45) is 0 Å². The first-order chi connectivity index (χ1) is 9.24. The topological polar surface area (TPSA) is 43.6 Å². The quantitative estimate of drug-likeness (QED) is 0.724. The molecule has 2 heterocycles. The Morgan fingerprint density at radius 1 is 0.947 bits per heavy atom. The molecule has 0 bridgehead atoms. The van der Waals surface area contributed by atoms with Crippen molar-refractivity contribution in [2.45, 2.75) is 0 Å². The van der Waals surface area contributed by atoms with E-state index >= 15 is 0 Å². The minimum Gasteiger partial charge on any atom is -0.265 e. The summed E-state index contributed by atoms with van der Waals surface area (Å²) < 4.78 is 1.69. The maximum absolute atomic E-state index is 6.01. The van der Waals surface area contributed by atoms with Crippen LogP contribution >= 0.6 is 23.2 Å². The van der Waals surface area contributed by atoms with E-state index in [1.807, 2.05) is 12.1 Å². The third-order valence-electron chi connectivity index (χ3n) is 2.62. The Morgan fingerprint density at radius 3 is 2.32 bits per heavy atom. The molecule has 94 valence electrons. The third kappa shape index (κ3) is 2.45. The van der Waals surface area contributed by atoms with Crippen molar-refractivity contribution in [2.75, 3.05) is 0 Å². The average Bonchev–Trinajstić information content (AvgIpc) is 2.88. The summed E-state index contributed by atoms with van der Waals surface area (Å²) in [4.78, 5) is 3.99. The van der Waals surface area contributed by atoms with E-state index in [-0.39, 0.29) is 0 Å². The summed E-state index contributed by atoms with van der Waals surface area (Å²) in [6.45, 7) is 0. The van der Waals surface area contributed by atoms with Gasteiger partial charge in [-0.3, -0.25) is 4.98 Å². The van der Waals surface area contributed by atoms with Gasteiger partial charge in [0.2, 0.25) is 0 Å². The molecule has 3 rings (SSSR count). The standard InChI is InChI=1S/C13H8Cl2N4/c14-10-5-11(15)7-12(6-10)19-13(8-17-18-19)9-1-3-16-4-2-9/h1-8H. The van der Waals surface area contributed by atoms with Gasteiger partial charge in [-0.2, -0.15) is 0 Å². The molecule has 0 N–H and O–H groups in total. The monoisotopic (exact) mass is 290 g/mol. The lowest BCUT2D eigenvalue weighted by Gasteiger charge is -2.07. The predicted octanol–water partition coefficient (Wildman–Crippen LogP) is 3.64. The molecule has 0 amide bonds. The molecule has 0 aliphatic rings. The fourth-order valence-corrected chi connectivity index (χ4v) is 2.32. The highest BCUT2D eigenvalue weighted by Gasteiger charge is 2.09. The average molecular weight is 291 g/mol. The Morgan fingerprint density at radius 2 is 1.63 bits per heavy atom. The van der Waals surface area contributed by atoms with Crippen LogP contribution in [0.25, 0.3) is 16.9 Å². The predicted molar refractivity (Wildman–Crippen MR) is 74.6 cm³/mol. The van der Waals surface area contributed by atoms with Gasteiger partial charge in [-0.15, -0.1) is 5.10 Å². The molecule has 6 heteroatoms. The van der Waals surface area contributed by atoms with Crippen LogP contribution < -0.4 is 0 Å². The molecule has 0 aliphatic heterocycles. The zero-order valence-electron chi connectivity index (χ0n) is 9.66. The van der Waals surface area contributed by atoms with Gasteiger partial charge in [0.25, 0.3) is 0 Å². The van der Waals surface area contributed by atoms with Gasteiger partial charge in [0, 0.05) is 28.0 Å². The number of benzene rings is 1. The highest BCUT2D eigenvalue weighted by Crippen LogP contribution is 2.25. The summed E-state index contributed by atoms with van der Waals surface area (Å²) in [5.41, 5.74) is 2.58. The van der Waals surface area contributed by atoms with E-state index < -0.39 is 0 Å². The number of hydrogen-bond acceptors (Lipinski definition) is 3. The Hall–Kier alpha value is -1.91. The number of rotatable bonds is 2. The second-order valence-corrected chi connectivity index (χ2v) is 4.77. The first-order valence-corrected chi connectivity index (χ1v) is 6.27. The van der Waals surface area contributed by atoms with E-state index in [2.05, 4.69) is 15.3 Å². The van der Waals surface area contributed by atoms with Crippen LogP contribution in [0.15, 0.2) is 48.9 Å². The minimum absolute atomic E-state index is 0.554. The maximum atomic E-state index is 6.01. The van der Waals surface area contributed by atoms with Crippen LogP contribution in [0, 0.1) is 0 Å². The van der Waals surface area contributed by atoms with Gasteiger partial charge in [0.15, 0.2) is 0 Å². The van der Waals surface area contributed by atoms with Gasteiger partial charge >= 0.3 is 0 Å². The summed E-state index contributed by atoms with van der Waals surface area (Å²) in [7, 11) is 0. The lowest BCUT2D eigenvalue weighted by Crippen LogP contribution is -1.99. The van der Waals surface area contributed by atoms with Crippen molar-refractivity contribution in [3.05, 3.63) is 59.0 Å². The summed E-state index contributed by atoms with van der Waals surface area (Å²) in [5, 5.41) is 9.12. The molecule has 0 atom stereocenters. The molecular weight excluding hydrogens is 283 g/mol. The van der Waals surface area contributed by atoms with E-state index in [1.165, 1.54) is 0 Å². The number of pyridine rings is 1. The Balaban J connectivity index is 2.15. The largest absolute Gasteiger partial charge is 0.265 e. The second-order valence-electron chi connectivity index (χ2n) is 3.89. The van der Waals surface area contributed by atoms with Crippen LogP contribution in [0.4, 0.5) is 0 Å². The van der Waals surface area contributed by atoms with Crippen LogP contribution in [0.5, 0.6) is 0 Å². The van der Waals surface area contributed by atoms with Crippen LogP contribution in [0.3, 0.4) is 0 Å². The summed E-state index contributed by atoms with van der Waals surface area (Å²) in [6.07, 6.45) is 5.12. The molecule has 0 saturated heterocycles. The van der Waals surface area contributed by atoms with E-state index in [1.54, 1.807) is 41.5 Å². The molecule has 0 spiro atoms. The fraction of sp³-hybridized carbons (Fsp3) is 0. The van der Waals surface area contributed by atoms with Gasteiger partial charge in [-0.05, 0) is 30.3 Å². The summed E-state index contributed by atoms with van der Waals surface area (Å²) in [6, 6.07) is 9.03. The lowest BCUT2D eigenvalue weighted by atomic mass is 10.2. The zero-order chi connectivity index (χ0) is 13.2. The van der Waals surface area contributed by atoms with Gasteiger partial charge in [-0.25, -0.2) is 4.68 Å². The minimum atomic E-state index is 0.554. The Bertz CT molecular complexity index is 689. The Kier molecular flexibility index (Phi) is 3.19. The van der Waals surface area contributed by atoms with Crippen molar-refractivity contribution >= 4 is 23.2 Å². The van der Waals surface area contributed by atoms with Crippen molar-refractivity contribution < 1.29 is 0 Å². The van der Waals surface area contributed by atoms with E-state index in [4.69, 9.17) is 23.2 Å². The van der Waals surface area contributed by atoms with Crippen LogP contribution in [0.2, 0.25) is 10.0 Å². The van der Waals surface area contributed by atoms with Crippen molar-refractivity contribution in [1.82, 2.24) is 20.0 Å². The molecule has 19 heavy (non-hydrogen) atoms. The number of nitrogens with zero attached hydrogens (tertiary/aromatic N) is 4. The van der Waals surface area contributed by atoms with Crippen molar-refractivity contribution in [1.29, 1.82) is 0 Å². The van der Waals surface area contributed by atoms with Crippen molar-refractivity contribution in [3.8, 4) is 16.9 Å². The fourth-order valence-electron chi connectivity index (χ4n) is 1.81. The molecule has 0 unspecified atom stereocenters. The normalized spacial score (nSPS) is 10.6. The molecule has 0 radical (unpaired) electrons. The second kappa shape index (κ2) is 4.99.